The Labute approximate surface area is 57.6 Å². The largest absolute Gasteiger partial charge is 0.327 e. The molecule has 0 aromatic rings. The van der Waals surface area contributed by atoms with Gasteiger partial charge in [0.05, 0.1) is 0 Å². The Morgan fingerprint density at radius 1 is 1.67 bits per heavy atom. The third kappa shape index (κ3) is 1.68. The van der Waals surface area contributed by atoms with Gasteiger partial charge in [0.1, 0.15) is 0 Å². The van der Waals surface area contributed by atoms with Gasteiger partial charge in [0, 0.05) is 6.04 Å². The summed E-state index contributed by atoms with van der Waals surface area (Å²) in [6.07, 6.45) is 3.95. The molecule has 54 valence electrons. The standard InChI is InChI=1S/C8H17N/c1-3-4-6(2)7-5-8(7)9/h6-8H,3-5,9H2,1-2H3/t6?,7-,8+/m0/s1. The second-order valence-corrected chi connectivity index (χ2v) is 3.33. The van der Waals surface area contributed by atoms with Crippen LogP contribution in [0.3, 0.4) is 0 Å². The molecule has 0 bridgehead atoms. The van der Waals surface area contributed by atoms with Crippen LogP contribution in [0.1, 0.15) is 33.1 Å². The van der Waals surface area contributed by atoms with E-state index in [0.29, 0.717) is 6.04 Å². The molecule has 1 aliphatic rings. The highest BCUT2D eigenvalue weighted by Crippen LogP contribution is 2.37. The maximum absolute atomic E-state index is 5.70. The third-order valence-electron chi connectivity index (χ3n) is 2.37. The number of hydrogen-bond acceptors (Lipinski definition) is 1. The zero-order valence-corrected chi connectivity index (χ0v) is 6.43. The Kier molecular flexibility index (Phi) is 2.12. The van der Waals surface area contributed by atoms with Crippen LogP contribution in [0, 0.1) is 11.8 Å². The number of nitrogens with two attached hydrogens (primary N) is 1. The van der Waals surface area contributed by atoms with Crippen molar-refractivity contribution < 1.29 is 0 Å². The van der Waals surface area contributed by atoms with E-state index in [-0.39, 0.29) is 0 Å². The summed E-state index contributed by atoms with van der Waals surface area (Å²) in [5.41, 5.74) is 5.70. The van der Waals surface area contributed by atoms with Crippen LogP contribution in [-0.2, 0) is 0 Å². The van der Waals surface area contributed by atoms with Crippen molar-refractivity contribution in [2.45, 2.75) is 39.2 Å². The molecule has 1 nitrogen and oxygen atoms in total. The molecule has 0 aliphatic heterocycles. The molecule has 1 fully saturated rings. The fourth-order valence-corrected chi connectivity index (χ4v) is 1.56. The quantitative estimate of drug-likeness (QED) is 0.614. The highest BCUT2D eigenvalue weighted by molar-refractivity contribution is 4.92. The van der Waals surface area contributed by atoms with E-state index in [1.165, 1.54) is 19.3 Å². The first-order valence-electron chi connectivity index (χ1n) is 4.01. The predicted octanol–water partition coefficient (Wildman–Crippen LogP) is 1.77. The molecule has 2 N–H and O–H groups in total. The molecule has 1 saturated carbocycles. The van der Waals surface area contributed by atoms with Crippen molar-refractivity contribution in [1.29, 1.82) is 0 Å². The Morgan fingerprint density at radius 3 is 2.56 bits per heavy atom. The third-order valence-corrected chi connectivity index (χ3v) is 2.37. The van der Waals surface area contributed by atoms with Crippen LogP contribution in [0.4, 0.5) is 0 Å². The summed E-state index contributed by atoms with van der Waals surface area (Å²) < 4.78 is 0. The molecule has 1 rings (SSSR count). The monoisotopic (exact) mass is 127 g/mol. The zero-order valence-electron chi connectivity index (χ0n) is 6.43. The van der Waals surface area contributed by atoms with Gasteiger partial charge in [0.2, 0.25) is 0 Å². The van der Waals surface area contributed by atoms with Gasteiger partial charge in [-0.2, -0.15) is 0 Å². The Bertz CT molecular complexity index is 90.6. The maximum Gasteiger partial charge on any atom is 0.00736 e. The Balaban J connectivity index is 2.11. The normalized spacial score (nSPS) is 36.3. The van der Waals surface area contributed by atoms with E-state index in [9.17, 15) is 0 Å². The molecule has 0 radical (unpaired) electrons. The summed E-state index contributed by atoms with van der Waals surface area (Å²) in [4.78, 5) is 0. The van der Waals surface area contributed by atoms with Crippen molar-refractivity contribution in [1.82, 2.24) is 0 Å². The minimum atomic E-state index is 0.548. The van der Waals surface area contributed by atoms with Crippen LogP contribution in [0.25, 0.3) is 0 Å². The molecule has 1 aliphatic carbocycles. The fraction of sp³-hybridized carbons (Fsp3) is 1.00. The molecule has 0 heterocycles. The maximum atomic E-state index is 5.70. The van der Waals surface area contributed by atoms with Crippen LogP contribution < -0.4 is 5.73 Å². The van der Waals surface area contributed by atoms with Gasteiger partial charge in [-0.05, 0) is 18.3 Å². The van der Waals surface area contributed by atoms with E-state index in [2.05, 4.69) is 13.8 Å². The SMILES string of the molecule is CCCC(C)[C@@H]1C[C@H]1N. The van der Waals surface area contributed by atoms with Gasteiger partial charge < -0.3 is 5.73 Å². The average molecular weight is 127 g/mol. The van der Waals surface area contributed by atoms with Gasteiger partial charge in [-0.1, -0.05) is 26.7 Å². The highest BCUT2D eigenvalue weighted by Gasteiger charge is 2.36. The van der Waals surface area contributed by atoms with Crippen LogP contribution in [-0.4, -0.2) is 6.04 Å². The van der Waals surface area contributed by atoms with Crippen molar-refractivity contribution in [3.05, 3.63) is 0 Å². The van der Waals surface area contributed by atoms with Crippen molar-refractivity contribution in [3.8, 4) is 0 Å². The molecule has 0 aromatic carbocycles. The lowest BCUT2D eigenvalue weighted by atomic mass is 10.0. The molecular formula is C8H17N. The number of rotatable bonds is 3. The van der Waals surface area contributed by atoms with E-state index < -0.39 is 0 Å². The second kappa shape index (κ2) is 2.70. The first kappa shape index (κ1) is 7.07. The zero-order chi connectivity index (χ0) is 6.85. The van der Waals surface area contributed by atoms with Crippen molar-refractivity contribution in [3.63, 3.8) is 0 Å². The van der Waals surface area contributed by atoms with Crippen LogP contribution >= 0.6 is 0 Å². The van der Waals surface area contributed by atoms with E-state index in [4.69, 9.17) is 5.73 Å². The summed E-state index contributed by atoms with van der Waals surface area (Å²) >= 11 is 0. The second-order valence-electron chi connectivity index (χ2n) is 3.33. The van der Waals surface area contributed by atoms with Gasteiger partial charge in [-0.3, -0.25) is 0 Å². The summed E-state index contributed by atoms with van der Waals surface area (Å²) in [5, 5.41) is 0. The minimum absolute atomic E-state index is 0.548. The fourth-order valence-electron chi connectivity index (χ4n) is 1.56. The molecule has 0 aromatic heterocycles. The van der Waals surface area contributed by atoms with Crippen molar-refractivity contribution in [2.24, 2.45) is 17.6 Å². The van der Waals surface area contributed by atoms with E-state index >= 15 is 0 Å². The summed E-state index contributed by atoms with van der Waals surface area (Å²) in [5.74, 6) is 1.75. The molecule has 0 saturated heterocycles. The van der Waals surface area contributed by atoms with Gasteiger partial charge >= 0.3 is 0 Å². The Hall–Kier alpha value is -0.0400. The minimum Gasteiger partial charge on any atom is -0.327 e. The molecule has 1 heteroatoms. The van der Waals surface area contributed by atoms with E-state index in [1.54, 1.807) is 0 Å². The predicted molar refractivity (Wildman–Crippen MR) is 40.2 cm³/mol. The summed E-state index contributed by atoms with van der Waals surface area (Å²) in [6, 6.07) is 0.548. The van der Waals surface area contributed by atoms with E-state index in [1.807, 2.05) is 0 Å². The van der Waals surface area contributed by atoms with Gasteiger partial charge in [0.15, 0.2) is 0 Å². The lowest BCUT2D eigenvalue weighted by Crippen LogP contribution is -2.07. The first-order valence-corrected chi connectivity index (χ1v) is 4.01. The lowest BCUT2D eigenvalue weighted by Gasteiger charge is -2.06. The molecule has 0 amide bonds. The topological polar surface area (TPSA) is 26.0 Å². The average Bonchev–Trinajstić information content (AvgIpc) is 2.47. The smallest absolute Gasteiger partial charge is 0.00736 e. The van der Waals surface area contributed by atoms with Crippen molar-refractivity contribution in [2.75, 3.05) is 0 Å². The van der Waals surface area contributed by atoms with Gasteiger partial charge in [-0.15, -0.1) is 0 Å². The summed E-state index contributed by atoms with van der Waals surface area (Å²) in [6.45, 7) is 4.56. The van der Waals surface area contributed by atoms with Crippen LogP contribution in [0.15, 0.2) is 0 Å². The van der Waals surface area contributed by atoms with Crippen molar-refractivity contribution >= 4 is 0 Å². The molecular weight excluding hydrogens is 110 g/mol. The molecule has 1 unspecified atom stereocenters. The molecule has 3 atom stereocenters. The van der Waals surface area contributed by atoms with E-state index in [0.717, 1.165) is 11.8 Å². The van der Waals surface area contributed by atoms with Crippen LogP contribution in [0.5, 0.6) is 0 Å². The van der Waals surface area contributed by atoms with Gasteiger partial charge in [-0.25, -0.2) is 0 Å². The first-order chi connectivity index (χ1) is 4.25. The number of hydrogen-bond donors (Lipinski definition) is 1. The summed E-state index contributed by atoms with van der Waals surface area (Å²) in [7, 11) is 0. The Morgan fingerprint density at radius 2 is 2.22 bits per heavy atom. The molecule has 9 heavy (non-hydrogen) atoms. The highest BCUT2D eigenvalue weighted by atomic mass is 14.7. The van der Waals surface area contributed by atoms with Gasteiger partial charge in [0.25, 0.3) is 0 Å². The molecule has 0 spiro atoms. The lowest BCUT2D eigenvalue weighted by molar-refractivity contribution is 0.455. The van der Waals surface area contributed by atoms with Crippen LogP contribution in [0.2, 0.25) is 0 Å².